The molecule has 0 spiro atoms. The average molecular weight is 607 g/mol. The maximum absolute atomic E-state index is 14.5. The molecule has 5 rings (SSSR count). The SMILES string of the molecule is CCOc1ccc(Cc2cc(C3CC(OCc4ccccc4)C(OCc4ccccc4)C(O)(CO)O3)ccc2Cl)cc1F. The maximum atomic E-state index is 14.5. The Morgan fingerprint density at radius 3 is 2.19 bits per heavy atom. The van der Waals surface area contributed by atoms with Crippen molar-refractivity contribution in [2.75, 3.05) is 13.2 Å². The molecule has 2 N–H and O–H groups in total. The standard InChI is InChI=1S/C35H36ClFO6/c1-2-40-31-16-13-26(18-30(31)37)17-28-19-27(14-15-29(28)36)32-20-33(41-21-24-9-5-3-6-10-24)34(35(39,23-38)43-32)42-22-25-11-7-4-8-12-25/h3-16,18-19,32-34,38-39H,2,17,20-23H2,1H3. The third kappa shape index (κ3) is 7.81. The van der Waals surface area contributed by atoms with Crippen molar-refractivity contribution in [1.29, 1.82) is 0 Å². The van der Waals surface area contributed by atoms with Crippen molar-refractivity contribution >= 4 is 11.6 Å². The average Bonchev–Trinajstić information content (AvgIpc) is 3.03. The molecule has 1 saturated heterocycles. The predicted octanol–water partition coefficient (Wildman–Crippen LogP) is 6.78. The summed E-state index contributed by atoms with van der Waals surface area (Å²) in [6.45, 7) is 1.98. The zero-order valence-corrected chi connectivity index (χ0v) is 24.8. The van der Waals surface area contributed by atoms with Gasteiger partial charge in [0.2, 0.25) is 5.79 Å². The summed E-state index contributed by atoms with van der Waals surface area (Å²) in [5.74, 6) is -2.26. The molecule has 1 aliphatic heterocycles. The highest BCUT2D eigenvalue weighted by Crippen LogP contribution is 2.41. The van der Waals surface area contributed by atoms with Crippen LogP contribution in [0.15, 0.2) is 97.1 Å². The lowest BCUT2D eigenvalue weighted by Crippen LogP contribution is -2.59. The molecular weight excluding hydrogens is 571 g/mol. The largest absolute Gasteiger partial charge is 0.491 e. The van der Waals surface area contributed by atoms with E-state index in [2.05, 4.69) is 0 Å². The van der Waals surface area contributed by atoms with Crippen LogP contribution in [0, 0.1) is 5.82 Å². The lowest BCUT2D eigenvalue weighted by atomic mass is 9.90. The molecule has 8 heteroatoms. The zero-order chi connectivity index (χ0) is 30.2. The predicted molar refractivity (Wildman–Crippen MR) is 162 cm³/mol. The zero-order valence-electron chi connectivity index (χ0n) is 24.0. The van der Waals surface area contributed by atoms with Gasteiger partial charge in [-0.15, -0.1) is 0 Å². The molecule has 0 bridgehead atoms. The monoisotopic (exact) mass is 606 g/mol. The summed E-state index contributed by atoms with van der Waals surface area (Å²) < 4.78 is 38.6. The van der Waals surface area contributed by atoms with Crippen molar-refractivity contribution < 1.29 is 33.6 Å². The Bertz CT molecular complexity index is 1470. The van der Waals surface area contributed by atoms with Crippen LogP contribution in [0.5, 0.6) is 5.75 Å². The molecule has 1 aliphatic rings. The molecule has 0 saturated carbocycles. The summed E-state index contributed by atoms with van der Waals surface area (Å²) >= 11 is 6.56. The molecule has 4 unspecified atom stereocenters. The molecule has 1 heterocycles. The van der Waals surface area contributed by atoms with Crippen molar-refractivity contribution in [3.05, 3.63) is 136 Å². The topological polar surface area (TPSA) is 77.4 Å². The fraction of sp³-hybridized carbons (Fsp3) is 0.314. The maximum Gasteiger partial charge on any atom is 0.219 e. The molecule has 0 radical (unpaired) electrons. The molecule has 0 aromatic heterocycles. The quantitative estimate of drug-likeness (QED) is 0.185. The van der Waals surface area contributed by atoms with Crippen LogP contribution in [-0.4, -0.2) is 41.4 Å². The molecule has 4 aromatic rings. The lowest BCUT2D eigenvalue weighted by molar-refractivity contribution is -0.350. The van der Waals surface area contributed by atoms with Crippen molar-refractivity contribution in [1.82, 2.24) is 0 Å². The van der Waals surface area contributed by atoms with Gasteiger partial charge in [-0.3, -0.25) is 0 Å². The number of hydrogen-bond donors (Lipinski definition) is 2. The Balaban J connectivity index is 1.39. The van der Waals surface area contributed by atoms with Gasteiger partial charge in [-0.25, -0.2) is 4.39 Å². The van der Waals surface area contributed by atoms with Gasteiger partial charge in [-0.1, -0.05) is 90.5 Å². The summed E-state index contributed by atoms with van der Waals surface area (Å²) in [5.41, 5.74) is 4.13. The Labute approximate surface area is 256 Å². The van der Waals surface area contributed by atoms with Crippen LogP contribution in [0.3, 0.4) is 0 Å². The van der Waals surface area contributed by atoms with Crippen LogP contribution in [0.1, 0.15) is 47.3 Å². The van der Waals surface area contributed by atoms with E-state index in [0.717, 1.165) is 27.8 Å². The number of hydrogen-bond acceptors (Lipinski definition) is 6. The Morgan fingerprint density at radius 2 is 1.56 bits per heavy atom. The fourth-order valence-electron chi connectivity index (χ4n) is 5.33. The van der Waals surface area contributed by atoms with E-state index in [4.69, 9.17) is 30.5 Å². The molecule has 4 atom stereocenters. The van der Waals surface area contributed by atoms with Gasteiger partial charge < -0.3 is 29.2 Å². The normalized spacial score (nSPS) is 21.9. The molecule has 226 valence electrons. The van der Waals surface area contributed by atoms with E-state index in [0.29, 0.717) is 31.1 Å². The highest BCUT2D eigenvalue weighted by molar-refractivity contribution is 6.31. The molecule has 4 aromatic carbocycles. The number of aliphatic hydroxyl groups is 2. The summed E-state index contributed by atoms with van der Waals surface area (Å²) in [5, 5.41) is 22.5. The smallest absolute Gasteiger partial charge is 0.219 e. The van der Waals surface area contributed by atoms with E-state index < -0.39 is 36.5 Å². The van der Waals surface area contributed by atoms with Crippen molar-refractivity contribution in [3.8, 4) is 5.75 Å². The first-order valence-electron chi connectivity index (χ1n) is 14.4. The first-order valence-corrected chi connectivity index (χ1v) is 14.8. The van der Waals surface area contributed by atoms with E-state index in [9.17, 15) is 14.6 Å². The summed E-state index contributed by atoms with van der Waals surface area (Å²) in [6.07, 6.45) is -1.48. The van der Waals surface area contributed by atoms with Gasteiger partial charge >= 0.3 is 0 Å². The van der Waals surface area contributed by atoms with Crippen LogP contribution in [0.4, 0.5) is 4.39 Å². The third-order valence-electron chi connectivity index (χ3n) is 7.51. The number of benzene rings is 4. The highest BCUT2D eigenvalue weighted by atomic mass is 35.5. The minimum Gasteiger partial charge on any atom is -0.491 e. The van der Waals surface area contributed by atoms with Crippen LogP contribution < -0.4 is 4.74 Å². The van der Waals surface area contributed by atoms with Gasteiger partial charge in [0.05, 0.1) is 38.6 Å². The number of ether oxygens (including phenoxy) is 4. The van der Waals surface area contributed by atoms with E-state index in [1.54, 1.807) is 25.1 Å². The second-order valence-electron chi connectivity index (χ2n) is 10.6. The Morgan fingerprint density at radius 1 is 0.884 bits per heavy atom. The third-order valence-corrected chi connectivity index (χ3v) is 7.88. The van der Waals surface area contributed by atoms with Gasteiger partial charge in [0.1, 0.15) is 6.10 Å². The van der Waals surface area contributed by atoms with Crippen molar-refractivity contribution in [3.63, 3.8) is 0 Å². The van der Waals surface area contributed by atoms with E-state index in [-0.39, 0.29) is 12.4 Å². The van der Waals surface area contributed by atoms with E-state index in [1.807, 2.05) is 72.8 Å². The van der Waals surface area contributed by atoms with Crippen molar-refractivity contribution in [2.45, 2.75) is 57.1 Å². The summed E-state index contributed by atoms with van der Waals surface area (Å²) in [7, 11) is 0. The fourth-order valence-corrected chi connectivity index (χ4v) is 5.51. The minimum absolute atomic E-state index is 0.204. The first-order chi connectivity index (χ1) is 20.9. The number of halogens is 2. The molecular formula is C35H36ClFO6. The number of rotatable bonds is 12. The van der Waals surface area contributed by atoms with Gasteiger partial charge in [0, 0.05) is 11.4 Å². The van der Waals surface area contributed by atoms with Gasteiger partial charge in [-0.2, -0.15) is 0 Å². The summed E-state index contributed by atoms with van der Waals surface area (Å²) in [6, 6.07) is 29.7. The summed E-state index contributed by atoms with van der Waals surface area (Å²) in [4.78, 5) is 0. The van der Waals surface area contributed by atoms with Gasteiger partial charge in [0.25, 0.3) is 0 Å². The molecule has 43 heavy (non-hydrogen) atoms. The van der Waals surface area contributed by atoms with Crippen LogP contribution >= 0.6 is 11.6 Å². The molecule has 6 nitrogen and oxygen atoms in total. The Hall–Kier alpha value is -3.30. The van der Waals surface area contributed by atoms with Crippen LogP contribution in [0.25, 0.3) is 0 Å². The molecule has 0 aliphatic carbocycles. The minimum atomic E-state index is -2.03. The first kappa shape index (κ1) is 31.1. The molecule has 1 fully saturated rings. The van der Waals surface area contributed by atoms with Gasteiger partial charge in [0.15, 0.2) is 11.6 Å². The van der Waals surface area contributed by atoms with E-state index >= 15 is 0 Å². The van der Waals surface area contributed by atoms with Crippen molar-refractivity contribution in [2.24, 2.45) is 0 Å². The van der Waals surface area contributed by atoms with Gasteiger partial charge in [-0.05, 0) is 59.4 Å². The Kier molecular flexibility index (Phi) is 10.5. The molecule has 0 amide bonds. The second-order valence-corrected chi connectivity index (χ2v) is 11.0. The van der Waals surface area contributed by atoms with Crippen LogP contribution in [0.2, 0.25) is 5.02 Å². The second kappa shape index (κ2) is 14.4. The number of aliphatic hydroxyl groups excluding tert-OH is 1. The highest BCUT2D eigenvalue weighted by Gasteiger charge is 2.51. The van der Waals surface area contributed by atoms with E-state index in [1.165, 1.54) is 6.07 Å². The van der Waals surface area contributed by atoms with Crippen LogP contribution in [-0.2, 0) is 33.8 Å². The lowest BCUT2D eigenvalue weighted by Gasteiger charge is -2.46.